The molecule has 5 rings (SSSR count). The minimum Gasteiger partial charge on any atom is -0.299 e. The Bertz CT molecular complexity index is 1220. The molecule has 3 aromatic carbocycles. The van der Waals surface area contributed by atoms with E-state index in [-0.39, 0.29) is 30.1 Å². The number of sulfonamides is 1. The molecule has 2 fully saturated rings. The molecule has 2 aliphatic rings. The lowest BCUT2D eigenvalue weighted by atomic mass is 9.70. The average Bonchev–Trinajstić information content (AvgIpc) is 2.85. The van der Waals surface area contributed by atoms with Gasteiger partial charge in [-0.2, -0.15) is 4.31 Å². The van der Waals surface area contributed by atoms with Crippen molar-refractivity contribution in [3.05, 3.63) is 102 Å². The number of fused-ring (bicyclic) bond motifs is 1. The third-order valence-corrected chi connectivity index (χ3v) is 9.26. The normalized spacial score (nSPS) is 26.0. The van der Waals surface area contributed by atoms with Gasteiger partial charge in [0.25, 0.3) is 0 Å². The van der Waals surface area contributed by atoms with Crippen LogP contribution in [0.4, 0.5) is 0 Å². The molecule has 1 saturated heterocycles. The summed E-state index contributed by atoms with van der Waals surface area (Å²) in [7, 11) is -3.79. The van der Waals surface area contributed by atoms with Gasteiger partial charge in [-0.25, -0.2) is 8.42 Å². The van der Waals surface area contributed by atoms with Crippen molar-refractivity contribution in [3.8, 4) is 0 Å². The quantitative estimate of drug-likeness (QED) is 0.506. The number of hydrogen-bond donors (Lipinski definition) is 0. The Balaban J connectivity index is 1.60. The summed E-state index contributed by atoms with van der Waals surface area (Å²) in [6.07, 6.45) is 2.52. The lowest BCUT2D eigenvalue weighted by molar-refractivity contribution is -0.131. The molecule has 0 amide bonds. The van der Waals surface area contributed by atoms with E-state index in [2.05, 4.69) is 12.1 Å². The summed E-state index contributed by atoms with van der Waals surface area (Å²) < 4.78 is 29.9. The molecule has 5 heteroatoms. The van der Waals surface area contributed by atoms with E-state index in [1.807, 2.05) is 67.6 Å². The van der Waals surface area contributed by atoms with E-state index in [0.29, 0.717) is 11.3 Å². The first-order chi connectivity index (χ1) is 15.9. The summed E-state index contributed by atoms with van der Waals surface area (Å²) in [6, 6.07) is 26.1. The second kappa shape index (κ2) is 8.88. The largest absolute Gasteiger partial charge is 0.299 e. The first-order valence-electron chi connectivity index (χ1n) is 11.7. The van der Waals surface area contributed by atoms with E-state index in [4.69, 9.17) is 0 Å². The first kappa shape index (κ1) is 22.1. The van der Waals surface area contributed by atoms with Crippen molar-refractivity contribution in [2.24, 2.45) is 5.92 Å². The van der Waals surface area contributed by atoms with Gasteiger partial charge in [-0.05, 0) is 55.4 Å². The van der Waals surface area contributed by atoms with Crippen LogP contribution in [0, 0.1) is 12.8 Å². The zero-order valence-electron chi connectivity index (χ0n) is 18.8. The maximum Gasteiger partial charge on any atom is 0.243 e. The highest BCUT2D eigenvalue weighted by Gasteiger charge is 2.50. The van der Waals surface area contributed by atoms with Gasteiger partial charge in [0.05, 0.1) is 10.9 Å². The molecule has 1 heterocycles. The van der Waals surface area contributed by atoms with Crippen molar-refractivity contribution < 1.29 is 13.2 Å². The number of ketones is 1. The predicted octanol–water partition coefficient (Wildman–Crippen LogP) is 5.65. The number of benzene rings is 3. The van der Waals surface area contributed by atoms with E-state index in [0.717, 1.165) is 24.0 Å². The predicted molar refractivity (Wildman–Crippen MR) is 129 cm³/mol. The highest BCUT2D eigenvalue weighted by Crippen LogP contribution is 2.48. The van der Waals surface area contributed by atoms with Gasteiger partial charge in [-0.3, -0.25) is 4.79 Å². The number of piperidine rings is 1. The number of hydrogen-bond acceptors (Lipinski definition) is 3. The molecule has 33 heavy (non-hydrogen) atoms. The van der Waals surface area contributed by atoms with Gasteiger partial charge in [0.2, 0.25) is 10.0 Å². The van der Waals surface area contributed by atoms with Crippen molar-refractivity contribution in [1.82, 2.24) is 4.31 Å². The Morgan fingerprint density at radius 2 is 1.39 bits per heavy atom. The zero-order valence-corrected chi connectivity index (χ0v) is 19.6. The molecule has 0 radical (unpaired) electrons. The Hall–Kier alpha value is -2.76. The second-order valence-corrected chi connectivity index (χ2v) is 11.2. The van der Waals surface area contributed by atoms with Gasteiger partial charge >= 0.3 is 0 Å². The van der Waals surface area contributed by atoms with Crippen LogP contribution in [-0.2, 0) is 14.8 Å². The van der Waals surface area contributed by atoms with Crippen LogP contribution in [0.3, 0.4) is 0 Å². The van der Waals surface area contributed by atoms with Crippen LogP contribution in [0.1, 0.15) is 54.3 Å². The molecular weight excluding hydrogens is 430 g/mol. The molecule has 0 spiro atoms. The molecule has 4 atom stereocenters. The van der Waals surface area contributed by atoms with Crippen molar-refractivity contribution in [3.63, 3.8) is 0 Å². The number of rotatable bonds is 4. The van der Waals surface area contributed by atoms with Crippen molar-refractivity contribution >= 4 is 15.8 Å². The van der Waals surface area contributed by atoms with Gasteiger partial charge in [-0.1, -0.05) is 78.4 Å². The summed E-state index contributed by atoms with van der Waals surface area (Å²) in [5.74, 6) is 0.186. The highest BCUT2D eigenvalue weighted by atomic mass is 32.2. The Morgan fingerprint density at radius 3 is 2.03 bits per heavy atom. The van der Waals surface area contributed by atoms with E-state index < -0.39 is 16.1 Å². The van der Waals surface area contributed by atoms with Crippen LogP contribution < -0.4 is 0 Å². The average molecular weight is 460 g/mol. The van der Waals surface area contributed by atoms with Crippen LogP contribution in [0.15, 0.2) is 89.8 Å². The topological polar surface area (TPSA) is 54.5 Å². The van der Waals surface area contributed by atoms with Crippen LogP contribution >= 0.6 is 0 Å². The standard InChI is InChI=1S/C28H29NO3S/c1-20-12-15-24(16-13-20)33(31,32)29-26(22-10-6-3-7-11-22)19-28(30)25-17-14-23(18-27(25)29)21-8-4-2-5-9-21/h2-13,15-16,23,25-27H,14,17-19H2,1H3. The fourth-order valence-corrected chi connectivity index (χ4v) is 7.46. The van der Waals surface area contributed by atoms with Crippen LogP contribution in [0.2, 0.25) is 0 Å². The maximum atomic E-state index is 14.1. The summed E-state index contributed by atoms with van der Waals surface area (Å²) in [5, 5.41) is 0. The number of carbonyl (C=O) groups excluding carboxylic acids is 1. The smallest absolute Gasteiger partial charge is 0.243 e. The Kier molecular flexibility index (Phi) is 5.94. The molecule has 3 aromatic rings. The highest BCUT2D eigenvalue weighted by molar-refractivity contribution is 7.89. The Labute approximate surface area is 196 Å². The van der Waals surface area contributed by atoms with E-state index >= 15 is 0 Å². The molecule has 0 N–H and O–H groups in total. The molecule has 1 aliphatic heterocycles. The summed E-state index contributed by atoms with van der Waals surface area (Å²) in [4.78, 5) is 13.6. The van der Waals surface area contributed by atoms with Crippen LogP contribution in [-0.4, -0.2) is 24.5 Å². The minimum absolute atomic E-state index is 0.190. The number of carbonyl (C=O) groups is 1. The lowest BCUT2D eigenvalue weighted by Gasteiger charge is -2.48. The SMILES string of the molecule is Cc1ccc(S(=O)(=O)N2C(c3ccccc3)CC(=O)C3CCC(c4ccccc4)CC32)cc1. The molecule has 170 valence electrons. The molecule has 1 saturated carbocycles. The van der Waals surface area contributed by atoms with Gasteiger partial charge < -0.3 is 0 Å². The van der Waals surface area contributed by atoms with Gasteiger partial charge in [0.15, 0.2) is 0 Å². The fraction of sp³-hybridized carbons (Fsp3) is 0.321. The van der Waals surface area contributed by atoms with Gasteiger partial charge in [0.1, 0.15) is 5.78 Å². The summed E-state index contributed by atoms with van der Waals surface area (Å²) in [5.41, 5.74) is 3.11. The third-order valence-electron chi connectivity index (χ3n) is 7.31. The minimum atomic E-state index is -3.79. The molecule has 4 unspecified atom stereocenters. The van der Waals surface area contributed by atoms with Crippen molar-refractivity contribution in [2.75, 3.05) is 0 Å². The second-order valence-electron chi connectivity index (χ2n) is 9.34. The number of aryl methyl sites for hydroxylation is 1. The maximum absolute atomic E-state index is 14.1. The van der Waals surface area contributed by atoms with Crippen LogP contribution in [0.5, 0.6) is 0 Å². The zero-order chi connectivity index (χ0) is 23.0. The number of Topliss-reactive ketones (excluding diaryl/α,β-unsaturated/α-hetero) is 1. The van der Waals surface area contributed by atoms with Crippen molar-refractivity contribution in [1.29, 1.82) is 0 Å². The van der Waals surface area contributed by atoms with E-state index in [1.165, 1.54) is 5.56 Å². The van der Waals surface area contributed by atoms with Gasteiger partial charge in [0, 0.05) is 18.4 Å². The summed E-state index contributed by atoms with van der Waals surface area (Å²) in [6.45, 7) is 1.95. The summed E-state index contributed by atoms with van der Waals surface area (Å²) >= 11 is 0. The molecule has 4 nitrogen and oxygen atoms in total. The molecule has 0 aromatic heterocycles. The number of nitrogens with zero attached hydrogens (tertiary/aromatic N) is 1. The molecule has 0 bridgehead atoms. The molecular formula is C28H29NO3S. The third kappa shape index (κ3) is 4.16. The monoisotopic (exact) mass is 459 g/mol. The molecule has 1 aliphatic carbocycles. The first-order valence-corrected chi connectivity index (χ1v) is 13.1. The van der Waals surface area contributed by atoms with Crippen molar-refractivity contribution in [2.45, 2.75) is 55.5 Å². The van der Waals surface area contributed by atoms with Gasteiger partial charge in [-0.15, -0.1) is 0 Å². The van der Waals surface area contributed by atoms with Crippen LogP contribution in [0.25, 0.3) is 0 Å². The lowest BCUT2D eigenvalue weighted by Crippen LogP contribution is -2.55. The van der Waals surface area contributed by atoms with E-state index in [1.54, 1.807) is 16.4 Å². The Morgan fingerprint density at radius 1 is 0.788 bits per heavy atom. The fourth-order valence-electron chi connectivity index (χ4n) is 5.61. The van der Waals surface area contributed by atoms with E-state index in [9.17, 15) is 13.2 Å².